The first-order valence-corrected chi connectivity index (χ1v) is 16.0. The summed E-state index contributed by atoms with van der Waals surface area (Å²) in [6.45, 7) is 12.0. The number of fused-ring (bicyclic) bond motifs is 2. The summed E-state index contributed by atoms with van der Waals surface area (Å²) >= 11 is 0. The standard InChI is InChI=1S/C37H47N3O4/c1-25-32(21-40-24-37(4)19-31(40)18-36(2,3)23-37)43-34(44-33(25)28-12-10-27(22-41)11-13-28)29-14-16-30(17-15-29)39-35(42)38-20-26-8-6-5-7-9-26/h5-17,25,31-34,41H,18-24H2,1-4H3,(H2,38,39,42)/t25-,31?,32+,33+,34+,37?/m0/s1. The first-order valence-electron chi connectivity index (χ1n) is 16.0. The number of hydrogen-bond donors (Lipinski definition) is 3. The van der Waals surface area contributed by atoms with Crippen molar-refractivity contribution >= 4 is 11.7 Å². The number of nitrogens with zero attached hydrogens (tertiary/aromatic N) is 1. The number of nitrogens with one attached hydrogen (secondary N) is 2. The van der Waals surface area contributed by atoms with E-state index in [1.807, 2.05) is 66.7 Å². The van der Waals surface area contributed by atoms with Crippen LogP contribution in [0.15, 0.2) is 78.9 Å². The Bertz CT molecular complexity index is 1410. The molecule has 3 aromatic rings. The van der Waals surface area contributed by atoms with Crippen LogP contribution in [0.5, 0.6) is 0 Å². The molecule has 7 nitrogen and oxygen atoms in total. The highest BCUT2D eigenvalue weighted by molar-refractivity contribution is 5.89. The minimum Gasteiger partial charge on any atom is -0.392 e. The third-order valence-electron chi connectivity index (χ3n) is 9.80. The molecule has 6 atom stereocenters. The molecular formula is C37H47N3O4. The van der Waals surface area contributed by atoms with Gasteiger partial charge in [-0.3, -0.25) is 4.90 Å². The molecule has 2 bridgehead atoms. The Kier molecular flexibility index (Phi) is 8.84. The second-order valence-corrected chi connectivity index (χ2v) is 14.4. The first-order chi connectivity index (χ1) is 21.1. The summed E-state index contributed by atoms with van der Waals surface area (Å²) in [7, 11) is 0. The van der Waals surface area contributed by atoms with Gasteiger partial charge in [0.05, 0.1) is 18.8 Å². The van der Waals surface area contributed by atoms with Gasteiger partial charge in [-0.1, -0.05) is 94.4 Å². The molecule has 3 N–H and O–H groups in total. The number of likely N-dealkylation sites (tertiary alicyclic amines) is 1. The molecule has 0 radical (unpaired) electrons. The van der Waals surface area contributed by atoms with Gasteiger partial charge in [-0.2, -0.15) is 0 Å². The number of anilines is 1. The van der Waals surface area contributed by atoms with Gasteiger partial charge >= 0.3 is 6.03 Å². The summed E-state index contributed by atoms with van der Waals surface area (Å²) in [5, 5.41) is 15.4. The maximum atomic E-state index is 12.5. The monoisotopic (exact) mass is 597 g/mol. The molecule has 2 unspecified atom stereocenters. The second-order valence-electron chi connectivity index (χ2n) is 14.4. The molecule has 0 spiro atoms. The topological polar surface area (TPSA) is 83.1 Å². The molecule has 1 saturated carbocycles. The summed E-state index contributed by atoms with van der Waals surface area (Å²) in [6.07, 6.45) is 3.06. The second kappa shape index (κ2) is 12.6. The summed E-state index contributed by atoms with van der Waals surface area (Å²) in [4.78, 5) is 15.2. The van der Waals surface area contributed by atoms with Crippen molar-refractivity contribution < 1.29 is 19.4 Å². The highest BCUT2D eigenvalue weighted by Crippen LogP contribution is 2.53. The van der Waals surface area contributed by atoms with E-state index >= 15 is 0 Å². The van der Waals surface area contributed by atoms with Crippen molar-refractivity contribution in [1.82, 2.24) is 10.2 Å². The number of amides is 2. The number of aliphatic hydroxyl groups excluding tert-OH is 1. The molecule has 6 rings (SSSR count). The maximum absolute atomic E-state index is 12.5. The van der Waals surface area contributed by atoms with E-state index in [0.717, 1.165) is 35.3 Å². The summed E-state index contributed by atoms with van der Waals surface area (Å²) < 4.78 is 13.5. The summed E-state index contributed by atoms with van der Waals surface area (Å²) in [5.41, 5.74) is 5.37. The predicted molar refractivity (Wildman–Crippen MR) is 173 cm³/mol. The summed E-state index contributed by atoms with van der Waals surface area (Å²) in [6, 6.07) is 26.0. The highest BCUT2D eigenvalue weighted by Gasteiger charge is 2.51. The van der Waals surface area contributed by atoms with Crippen LogP contribution in [-0.4, -0.2) is 41.3 Å². The zero-order valence-electron chi connectivity index (χ0n) is 26.5. The van der Waals surface area contributed by atoms with Crippen molar-refractivity contribution in [2.24, 2.45) is 16.7 Å². The molecule has 2 heterocycles. The lowest BCUT2D eigenvalue weighted by molar-refractivity contribution is -0.276. The van der Waals surface area contributed by atoms with E-state index in [9.17, 15) is 9.90 Å². The minimum absolute atomic E-state index is 0.0103. The Morgan fingerprint density at radius 3 is 2.32 bits per heavy atom. The van der Waals surface area contributed by atoms with Gasteiger partial charge in [0.25, 0.3) is 0 Å². The highest BCUT2D eigenvalue weighted by atomic mass is 16.7. The summed E-state index contributed by atoms with van der Waals surface area (Å²) in [5.74, 6) is 0.141. The van der Waals surface area contributed by atoms with E-state index in [2.05, 4.69) is 55.4 Å². The van der Waals surface area contributed by atoms with E-state index in [1.54, 1.807) is 0 Å². The molecule has 2 saturated heterocycles. The molecule has 3 aliphatic rings. The Balaban J connectivity index is 1.17. The van der Waals surface area contributed by atoms with Gasteiger partial charge in [-0.25, -0.2) is 4.79 Å². The molecule has 7 heteroatoms. The number of carbonyl (C=O) groups is 1. The van der Waals surface area contributed by atoms with E-state index in [0.29, 0.717) is 29.1 Å². The number of ether oxygens (including phenoxy) is 2. The lowest BCUT2D eigenvalue weighted by Crippen LogP contribution is -2.46. The molecular weight excluding hydrogens is 550 g/mol. The van der Waals surface area contributed by atoms with Crippen LogP contribution in [0.4, 0.5) is 10.5 Å². The van der Waals surface area contributed by atoms with Gasteiger partial charge in [0.1, 0.15) is 0 Å². The van der Waals surface area contributed by atoms with E-state index < -0.39 is 6.29 Å². The molecule has 234 valence electrons. The van der Waals surface area contributed by atoms with Crippen LogP contribution < -0.4 is 10.6 Å². The van der Waals surface area contributed by atoms with E-state index in [1.165, 1.54) is 19.3 Å². The fraction of sp³-hybridized carbons (Fsp3) is 0.486. The largest absolute Gasteiger partial charge is 0.392 e. The third-order valence-corrected chi connectivity index (χ3v) is 9.80. The Labute approximate surface area is 262 Å². The minimum atomic E-state index is -0.534. The third kappa shape index (κ3) is 7.02. The molecule has 2 amide bonds. The number of rotatable bonds is 8. The van der Waals surface area contributed by atoms with Crippen LogP contribution in [0, 0.1) is 16.7 Å². The van der Waals surface area contributed by atoms with Crippen molar-refractivity contribution in [1.29, 1.82) is 0 Å². The van der Waals surface area contributed by atoms with Crippen LogP contribution in [0.25, 0.3) is 0 Å². The number of benzene rings is 3. The molecule has 3 aromatic carbocycles. The van der Waals surface area contributed by atoms with Crippen molar-refractivity contribution in [2.45, 2.75) is 84.6 Å². The Morgan fingerprint density at radius 2 is 1.61 bits per heavy atom. The van der Waals surface area contributed by atoms with Gasteiger partial charge in [-0.05, 0) is 58.9 Å². The molecule has 2 aliphatic heterocycles. The lowest BCUT2D eigenvalue weighted by Gasteiger charge is -2.43. The predicted octanol–water partition coefficient (Wildman–Crippen LogP) is 7.19. The van der Waals surface area contributed by atoms with Gasteiger partial charge in [0.2, 0.25) is 0 Å². The first kappa shape index (κ1) is 30.8. The van der Waals surface area contributed by atoms with E-state index in [-0.39, 0.29) is 30.8 Å². The molecule has 1 aliphatic carbocycles. The van der Waals surface area contributed by atoms with E-state index in [4.69, 9.17) is 9.47 Å². The van der Waals surface area contributed by atoms with Gasteiger partial charge in [0.15, 0.2) is 6.29 Å². The number of aliphatic hydroxyl groups is 1. The fourth-order valence-corrected chi connectivity index (χ4v) is 8.03. The lowest BCUT2D eigenvalue weighted by atomic mass is 9.65. The number of urea groups is 1. The number of carbonyl (C=O) groups excluding carboxylic acids is 1. The van der Waals surface area contributed by atoms with Crippen LogP contribution in [0.1, 0.15) is 81.6 Å². The smallest absolute Gasteiger partial charge is 0.319 e. The zero-order chi connectivity index (χ0) is 30.9. The number of hydrogen-bond acceptors (Lipinski definition) is 5. The zero-order valence-corrected chi connectivity index (χ0v) is 26.5. The average molecular weight is 598 g/mol. The van der Waals surface area contributed by atoms with Gasteiger partial charge in [0, 0.05) is 42.8 Å². The maximum Gasteiger partial charge on any atom is 0.319 e. The quantitative estimate of drug-likeness (QED) is 0.256. The van der Waals surface area contributed by atoms with Gasteiger partial charge < -0.3 is 25.2 Å². The van der Waals surface area contributed by atoms with Crippen LogP contribution in [0.2, 0.25) is 0 Å². The van der Waals surface area contributed by atoms with Gasteiger partial charge in [-0.15, -0.1) is 0 Å². The molecule has 3 fully saturated rings. The van der Waals surface area contributed by atoms with Crippen LogP contribution in [0.3, 0.4) is 0 Å². The Morgan fingerprint density at radius 1 is 0.909 bits per heavy atom. The molecule has 0 aromatic heterocycles. The SMILES string of the molecule is C[C@H]1[C@@H](CN2CC3(C)CC2CC(C)(C)C3)O[C@@H](c2ccc(NC(=O)NCc3ccccc3)cc2)O[C@H]1c1ccc(CO)cc1. The Hall–Kier alpha value is -3.23. The molecule has 44 heavy (non-hydrogen) atoms. The van der Waals surface area contributed by atoms with Crippen molar-refractivity contribution in [3.8, 4) is 0 Å². The average Bonchev–Trinajstić information content (AvgIpc) is 3.25. The van der Waals surface area contributed by atoms with Crippen molar-refractivity contribution in [2.75, 3.05) is 18.4 Å². The van der Waals surface area contributed by atoms with Crippen molar-refractivity contribution in [3.05, 3.63) is 101 Å². The van der Waals surface area contributed by atoms with Crippen LogP contribution >= 0.6 is 0 Å². The normalized spacial score (nSPS) is 29.7. The van der Waals surface area contributed by atoms with Crippen molar-refractivity contribution in [3.63, 3.8) is 0 Å². The van der Waals surface area contributed by atoms with Crippen LogP contribution in [-0.2, 0) is 22.6 Å². The fourth-order valence-electron chi connectivity index (χ4n) is 8.03.